The maximum absolute atomic E-state index is 15.1. The lowest BCUT2D eigenvalue weighted by Crippen LogP contribution is -2.16. The van der Waals surface area contributed by atoms with Crippen molar-refractivity contribution < 1.29 is 17.7 Å². The van der Waals surface area contributed by atoms with Gasteiger partial charge in [-0.1, -0.05) is 43.7 Å². The summed E-state index contributed by atoms with van der Waals surface area (Å²) in [5.41, 5.74) is -0.0985. The van der Waals surface area contributed by atoms with Crippen LogP contribution >= 0.6 is 0 Å². The van der Waals surface area contributed by atoms with Crippen LogP contribution in [0.4, 0.5) is 10.1 Å². The van der Waals surface area contributed by atoms with E-state index < -0.39 is 31.5 Å². The minimum atomic E-state index is -4.48. The first-order valence-electron chi connectivity index (χ1n) is 8.16. The first-order chi connectivity index (χ1) is 12.4. The summed E-state index contributed by atoms with van der Waals surface area (Å²) in [5, 5.41) is 11.7. The second kappa shape index (κ2) is 6.87. The fourth-order valence-electron chi connectivity index (χ4n) is 3.00. The molecule has 3 rings (SSSR count). The van der Waals surface area contributed by atoms with Crippen LogP contribution in [0.5, 0.6) is 0 Å². The Hall–Kier alpha value is -2.74. The highest BCUT2D eigenvalue weighted by Crippen LogP contribution is 2.33. The molecule has 0 atom stereocenters. The monoisotopic (exact) mass is 376 g/mol. The molecule has 2 aromatic carbocycles. The lowest BCUT2D eigenvalue weighted by Gasteiger charge is -2.09. The molecule has 26 heavy (non-hydrogen) atoms. The number of nitrogens with zero attached hydrogens (tertiary/aromatic N) is 2. The number of para-hydroxylation sites is 2. The van der Waals surface area contributed by atoms with Gasteiger partial charge >= 0.3 is 0 Å². The zero-order valence-electron chi connectivity index (χ0n) is 14.1. The van der Waals surface area contributed by atoms with Crippen LogP contribution in [0.1, 0.15) is 25.3 Å². The number of nitro benzene ring substituents is 1. The normalized spacial score (nSPS) is 11.8. The minimum absolute atomic E-state index is 0.175. The number of hydrogen-bond acceptors (Lipinski definition) is 4. The van der Waals surface area contributed by atoms with Crippen molar-refractivity contribution in [2.24, 2.45) is 0 Å². The molecule has 0 radical (unpaired) electrons. The van der Waals surface area contributed by atoms with Gasteiger partial charge in [0.15, 0.2) is 4.90 Å². The zero-order valence-corrected chi connectivity index (χ0v) is 14.9. The van der Waals surface area contributed by atoms with Crippen molar-refractivity contribution in [2.75, 3.05) is 0 Å². The quantitative estimate of drug-likeness (QED) is 0.475. The van der Waals surface area contributed by atoms with Crippen LogP contribution in [0.25, 0.3) is 10.9 Å². The number of halogens is 1. The highest BCUT2D eigenvalue weighted by Gasteiger charge is 2.32. The minimum Gasteiger partial charge on any atom is -0.258 e. The molecule has 136 valence electrons. The number of hydrogen-bond donors (Lipinski definition) is 0. The molecule has 0 spiro atoms. The van der Waals surface area contributed by atoms with Gasteiger partial charge in [-0.15, -0.1) is 0 Å². The lowest BCUT2D eigenvalue weighted by molar-refractivity contribution is -0.387. The van der Waals surface area contributed by atoms with E-state index in [0.717, 1.165) is 18.6 Å². The van der Waals surface area contributed by atoms with Crippen molar-refractivity contribution in [3.63, 3.8) is 0 Å². The van der Waals surface area contributed by atoms with Crippen molar-refractivity contribution in [1.29, 1.82) is 0 Å². The molecule has 0 amide bonds. The molecule has 0 N–H and O–H groups in total. The molecule has 6 nitrogen and oxygen atoms in total. The van der Waals surface area contributed by atoms with E-state index in [1.54, 1.807) is 18.2 Å². The van der Waals surface area contributed by atoms with Gasteiger partial charge in [0, 0.05) is 17.0 Å². The first kappa shape index (κ1) is 18.1. The largest absolute Gasteiger partial charge is 0.289 e. The van der Waals surface area contributed by atoms with Gasteiger partial charge in [0.2, 0.25) is 5.95 Å². The fourth-order valence-corrected chi connectivity index (χ4v) is 4.59. The van der Waals surface area contributed by atoms with E-state index in [0.29, 0.717) is 27.8 Å². The number of fused-ring (bicyclic) bond motifs is 1. The third kappa shape index (κ3) is 2.86. The van der Waals surface area contributed by atoms with Crippen LogP contribution in [0, 0.1) is 16.1 Å². The van der Waals surface area contributed by atoms with E-state index in [1.165, 1.54) is 18.2 Å². The van der Waals surface area contributed by atoms with Gasteiger partial charge in [0.25, 0.3) is 15.7 Å². The molecule has 0 fully saturated rings. The molecule has 0 aliphatic rings. The van der Waals surface area contributed by atoms with Crippen LogP contribution in [0.15, 0.2) is 53.4 Å². The molecule has 1 aromatic heterocycles. The number of rotatable bonds is 6. The van der Waals surface area contributed by atoms with Gasteiger partial charge in [-0.05, 0) is 25.0 Å². The standard InChI is InChI=1S/C18H17FN2O4S/c1-2-3-8-14-13-9-4-5-10-15(13)20(18(14)19)26(24,25)17-12-7-6-11-16(17)21(22)23/h4-7,9-12H,2-3,8H2,1H3. The van der Waals surface area contributed by atoms with E-state index in [9.17, 15) is 18.5 Å². The second-order valence-electron chi connectivity index (χ2n) is 5.88. The van der Waals surface area contributed by atoms with Crippen molar-refractivity contribution in [3.8, 4) is 0 Å². The maximum atomic E-state index is 15.1. The van der Waals surface area contributed by atoms with Crippen LogP contribution < -0.4 is 0 Å². The van der Waals surface area contributed by atoms with Gasteiger partial charge in [0.05, 0.1) is 10.4 Å². The topological polar surface area (TPSA) is 82.2 Å². The molecular weight excluding hydrogens is 359 g/mol. The summed E-state index contributed by atoms with van der Waals surface area (Å²) in [4.78, 5) is 9.91. The lowest BCUT2D eigenvalue weighted by atomic mass is 10.1. The highest BCUT2D eigenvalue weighted by atomic mass is 32.2. The number of aromatic nitrogens is 1. The Morgan fingerprint density at radius 3 is 2.46 bits per heavy atom. The van der Waals surface area contributed by atoms with Gasteiger partial charge < -0.3 is 0 Å². The van der Waals surface area contributed by atoms with Gasteiger partial charge in [0.1, 0.15) is 0 Å². The van der Waals surface area contributed by atoms with E-state index in [2.05, 4.69) is 0 Å². The second-order valence-corrected chi connectivity index (χ2v) is 7.64. The summed E-state index contributed by atoms with van der Waals surface area (Å²) in [6.45, 7) is 1.96. The SMILES string of the molecule is CCCCc1c(F)n(S(=O)(=O)c2ccccc2[N+](=O)[O-])c2ccccc12. The van der Waals surface area contributed by atoms with Crippen molar-refractivity contribution in [3.05, 3.63) is 70.2 Å². The summed E-state index contributed by atoms with van der Waals surface area (Å²) >= 11 is 0. The predicted octanol–water partition coefficient (Wildman–Crippen LogP) is 4.27. The molecule has 0 saturated carbocycles. The summed E-state index contributed by atoms with van der Waals surface area (Å²) in [5.74, 6) is -0.891. The molecule has 3 aromatic rings. The summed E-state index contributed by atoms with van der Waals surface area (Å²) in [6.07, 6.45) is 1.93. The number of unbranched alkanes of at least 4 members (excludes halogenated alkanes) is 1. The predicted molar refractivity (Wildman–Crippen MR) is 96.2 cm³/mol. The Bertz CT molecular complexity index is 1090. The molecule has 0 aliphatic carbocycles. The number of nitro groups is 1. The Morgan fingerprint density at radius 1 is 1.12 bits per heavy atom. The third-order valence-corrected chi connectivity index (χ3v) is 5.97. The van der Waals surface area contributed by atoms with E-state index in [-0.39, 0.29) is 5.52 Å². The van der Waals surface area contributed by atoms with Crippen LogP contribution in [0.2, 0.25) is 0 Å². The highest BCUT2D eigenvalue weighted by molar-refractivity contribution is 7.90. The van der Waals surface area contributed by atoms with Gasteiger partial charge in [-0.3, -0.25) is 10.1 Å². The van der Waals surface area contributed by atoms with Gasteiger partial charge in [-0.25, -0.2) is 12.4 Å². The van der Waals surface area contributed by atoms with Crippen LogP contribution in [0.3, 0.4) is 0 Å². The molecular formula is C18H17FN2O4S. The Morgan fingerprint density at radius 2 is 1.77 bits per heavy atom. The maximum Gasteiger partial charge on any atom is 0.289 e. The molecule has 1 heterocycles. The molecule has 0 saturated heterocycles. The molecule has 8 heteroatoms. The average Bonchev–Trinajstić information content (AvgIpc) is 2.92. The van der Waals surface area contributed by atoms with Crippen molar-refractivity contribution in [2.45, 2.75) is 31.1 Å². The molecule has 0 unspecified atom stereocenters. The fraction of sp³-hybridized carbons (Fsp3) is 0.222. The zero-order chi connectivity index (χ0) is 18.9. The number of aryl methyl sites for hydroxylation is 1. The Kier molecular flexibility index (Phi) is 4.78. The van der Waals surface area contributed by atoms with Crippen molar-refractivity contribution in [1.82, 2.24) is 3.97 Å². The average molecular weight is 376 g/mol. The van der Waals surface area contributed by atoms with Crippen LogP contribution in [-0.4, -0.2) is 17.3 Å². The summed E-state index contributed by atoms with van der Waals surface area (Å²) < 4.78 is 41.9. The van der Waals surface area contributed by atoms with E-state index >= 15 is 4.39 Å². The molecule has 0 bridgehead atoms. The van der Waals surface area contributed by atoms with Gasteiger partial charge in [-0.2, -0.15) is 4.39 Å². The van der Waals surface area contributed by atoms with Crippen LogP contribution in [-0.2, 0) is 16.4 Å². The van der Waals surface area contributed by atoms with Crippen molar-refractivity contribution >= 4 is 26.6 Å². The Balaban J connectivity index is 2.32. The summed E-state index contributed by atoms with van der Waals surface area (Å²) in [6, 6.07) is 11.4. The Labute approximate surface area is 150 Å². The first-order valence-corrected chi connectivity index (χ1v) is 9.60. The summed E-state index contributed by atoms with van der Waals surface area (Å²) in [7, 11) is -4.48. The third-order valence-electron chi connectivity index (χ3n) is 4.24. The van der Waals surface area contributed by atoms with E-state index in [4.69, 9.17) is 0 Å². The number of benzene rings is 2. The smallest absolute Gasteiger partial charge is 0.258 e. The van der Waals surface area contributed by atoms with E-state index in [1.807, 2.05) is 6.92 Å². The molecule has 0 aliphatic heterocycles.